The van der Waals surface area contributed by atoms with Gasteiger partial charge in [-0.3, -0.25) is 0 Å². The molecular formula is C9H6F5O. The lowest BCUT2D eigenvalue weighted by Gasteiger charge is -2.10. The number of hydrogen-bond acceptors (Lipinski definition) is 1. The van der Waals surface area contributed by atoms with E-state index in [9.17, 15) is 22.0 Å². The monoisotopic (exact) mass is 225 g/mol. The molecule has 0 bridgehead atoms. The zero-order valence-electron chi connectivity index (χ0n) is 7.31. The van der Waals surface area contributed by atoms with E-state index in [1.165, 1.54) is 0 Å². The zero-order valence-corrected chi connectivity index (χ0v) is 7.31. The van der Waals surface area contributed by atoms with Gasteiger partial charge in [-0.15, -0.1) is 0 Å². The number of alkyl halides is 5. The standard InChI is InChI=1S/C9H6F5O/c1-5-2-6(9(12,13)14)4-7(3-5)15-8(10)11/h2-4,8H,1H2. The van der Waals surface area contributed by atoms with E-state index in [-0.39, 0.29) is 5.56 Å². The highest BCUT2D eigenvalue weighted by molar-refractivity contribution is 5.37. The Morgan fingerprint density at radius 1 is 1.13 bits per heavy atom. The van der Waals surface area contributed by atoms with E-state index >= 15 is 0 Å². The Bertz CT molecular complexity index is 345. The lowest BCUT2D eigenvalue weighted by molar-refractivity contribution is -0.138. The van der Waals surface area contributed by atoms with Crippen LogP contribution in [0.5, 0.6) is 5.75 Å². The fourth-order valence-electron chi connectivity index (χ4n) is 0.995. The van der Waals surface area contributed by atoms with E-state index in [2.05, 4.69) is 11.7 Å². The van der Waals surface area contributed by atoms with Crippen LogP contribution in [0.1, 0.15) is 11.1 Å². The number of benzene rings is 1. The van der Waals surface area contributed by atoms with Gasteiger partial charge in [-0.1, -0.05) is 0 Å². The van der Waals surface area contributed by atoms with Crippen LogP contribution in [0.25, 0.3) is 0 Å². The van der Waals surface area contributed by atoms with Gasteiger partial charge >= 0.3 is 12.8 Å². The molecule has 0 atom stereocenters. The van der Waals surface area contributed by atoms with Gasteiger partial charge < -0.3 is 4.74 Å². The molecule has 0 unspecified atom stereocenters. The van der Waals surface area contributed by atoms with Crippen LogP contribution in [0.4, 0.5) is 22.0 Å². The van der Waals surface area contributed by atoms with Crippen LogP contribution in [0.2, 0.25) is 0 Å². The van der Waals surface area contributed by atoms with Crippen molar-refractivity contribution in [3.8, 4) is 5.75 Å². The third-order valence-electron chi connectivity index (χ3n) is 1.52. The van der Waals surface area contributed by atoms with Crippen LogP contribution in [0.15, 0.2) is 18.2 Å². The van der Waals surface area contributed by atoms with Crippen molar-refractivity contribution in [2.24, 2.45) is 0 Å². The fourth-order valence-corrected chi connectivity index (χ4v) is 0.995. The van der Waals surface area contributed by atoms with Crippen molar-refractivity contribution in [1.29, 1.82) is 0 Å². The highest BCUT2D eigenvalue weighted by atomic mass is 19.4. The second kappa shape index (κ2) is 4.04. The Balaban J connectivity index is 3.06. The molecule has 15 heavy (non-hydrogen) atoms. The van der Waals surface area contributed by atoms with Gasteiger partial charge in [0, 0.05) is 0 Å². The second-order valence-corrected chi connectivity index (χ2v) is 2.74. The molecule has 1 aromatic rings. The molecule has 6 heteroatoms. The van der Waals surface area contributed by atoms with Gasteiger partial charge in [0.1, 0.15) is 5.75 Å². The van der Waals surface area contributed by atoms with Crippen LogP contribution >= 0.6 is 0 Å². The molecule has 0 N–H and O–H groups in total. The Hall–Kier alpha value is -1.33. The lowest BCUT2D eigenvalue weighted by atomic mass is 10.1. The maximum atomic E-state index is 12.2. The fraction of sp³-hybridized carbons (Fsp3) is 0.222. The summed E-state index contributed by atoms with van der Waals surface area (Å²) in [4.78, 5) is 0. The summed E-state index contributed by atoms with van der Waals surface area (Å²) in [5.41, 5.74) is -1.11. The second-order valence-electron chi connectivity index (χ2n) is 2.74. The first-order valence-electron chi connectivity index (χ1n) is 3.78. The molecule has 0 saturated carbocycles. The van der Waals surface area contributed by atoms with Gasteiger partial charge in [-0.25, -0.2) is 0 Å². The van der Waals surface area contributed by atoms with E-state index in [1.54, 1.807) is 0 Å². The normalized spacial score (nSPS) is 11.9. The summed E-state index contributed by atoms with van der Waals surface area (Å²) >= 11 is 0. The van der Waals surface area contributed by atoms with Gasteiger partial charge in [-0.05, 0) is 30.7 Å². The minimum Gasteiger partial charge on any atom is -0.435 e. The minimum absolute atomic E-state index is 0.0412. The third kappa shape index (κ3) is 3.38. The van der Waals surface area contributed by atoms with Crippen LogP contribution in [-0.4, -0.2) is 6.61 Å². The van der Waals surface area contributed by atoms with Gasteiger partial charge in [0.25, 0.3) is 0 Å². The van der Waals surface area contributed by atoms with E-state index in [1.807, 2.05) is 0 Å². The molecule has 0 saturated heterocycles. The zero-order chi connectivity index (χ0) is 11.6. The van der Waals surface area contributed by atoms with Gasteiger partial charge in [0.05, 0.1) is 5.56 Å². The first-order valence-corrected chi connectivity index (χ1v) is 3.78. The summed E-state index contributed by atoms with van der Waals surface area (Å²) in [6.07, 6.45) is -4.60. The van der Waals surface area contributed by atoms with Crippen molar-refractivity contribution in [3.63, 3.8) is 0 Å². The van der Waals surface area contributed by atoms with Crippen molar-refractivity contribution in [2.45, 2.75) is 12.8 Å². The molecule has 1 aromatic carbocycles. The average Bonchev–Trinajstić information content (AvgIpc) is 1.99. The van der Waals surface area contributed by atoms with E-state index in [4.69, 9.17) is 0 Å². The molecular weight excluding hydrogens is 219 g/mol. The summed E-state index contributed by atoms with van der Waals surface area (Å²) < 4.78 is 64.0. The molecule has 0 aromatic heterocycles. The third-order valence-corrected chi connectivity index (χ3v) is 1.52. The molecule has 0 heterocycles. The summed E-state index contributed by atoms with van der Waals surface area (Å²) in [5, 5.41) is 0. The predicted molar refractivity (Wildman–Crippen MR) is 42.5 cm³/mol. The van der Waals surface area contributed by atoms with Crippen LogP contribution in [0.3, 0.4) is 0 Å². The molecule has 0 spiro atoms. The first kappa shape index (κ1) is 11.7. The SMILES string of the molecule is [CH2]c1cc(OC(F)F)cc(C(F)(F)F)c1. The topological polar surface area (TPSA) is 9.23 Å². The van der Waals surface area contributed by atoms with Crippen LogP contribution in [-0.2, 0) is 6.18 Å². The summed E-state index contributed by atoms with van der Waals surface area (Å²) in [6.45, 7) is 0.0784. The first-order chi connectivity index (χ1) is 6.79. The van der Waals surface area contributed by atoms with Gasteiger partial charge in [0.15, 0.2) is 0 Å². The summed E-state index contributed by atoms with van der Waals surface area (Å²) in [7, 11) is 0. The van der Waals surface area contributed by atoms with Crippen molar-refractivity contribution >= 4 is 0 Å². The maximum absolute atomic E-state index is 12.2. The quantitative estimate of drug-likeness (QED) is 0.700. The molecule has 1 rings (SSSR count). The molecule has 0 amide bonds. The van der Waals surface area contributed by atoms with Crippen molar-refractivity contribution in [3.05, 3.63) is 36.2 Å². The molecule has 1 radical (unpaired) electrons. The molecule has 1 nitrogen and oxygen atoms in total. The lowest BCUT2D eigenvalue weighted by Crippen LogP contribution is -2.07. The molecule has 0 aliphatic carbocycles. The van der Waals surface area contributed by atoms with Crippen molar-refractivity contribution in [1.82, 2.24) is 0 Å². The molecule has 0 aliphatic heterocycles. The Labute approximate surface area is 82.5 Å². The largest absolute Gasteiger partial charge is 0.435 e. The number of hydrogen-bond donors (Lipinski definition) is 0. The van der Waals surface area contributed by atoms with Crippen molar-refractivity contribution < 1.29 is 26.7 Å². The summed E-state index contributed by atoms with van der Waals surface area (Å²) in [5.74, 6) is -0.551. The van der Waals surface area contributed by atoms with E-state index in [0.29, 0.717) is 6.07 Å². The maximum Gasteiger partial charge on any atom is 0.416 e. The Morgan fingerprint density at radius 2 is 1.73 bits per heavy atom. The van der Waals surface area contributed by atoms with E-state index < -0.39 is 24.1 Å². The van der Waals surface area contributed by atoms with E-state index in [0.717, 1.165) is 12.1 Å². The highest BCUT2D eigenvalue weighted by Crippen LogP contribution is 2.32. The predicted octanol–water partition coefficient (Wildman–Crippen LogP) is 3.49. The smallest absolute Gasteiger partial charge is 0.416 e. The number of rotatable bonds is 2. The van der Waals surface area contributed by atoms with Gasteiger partial charge in [-0.2, -0.15) is 22.0 Å². The molecule has 83 valence electrons. The van der Waals surface area contributed by atoms with Crippen LogP contribution in [0, 0.1) is 6.92 Å². The number of halogens is 5. The van der Waals surface area contributed by atoms with Crippen LogP contribution < -0.4 is 4.74 Å². The highest BCUT2D eigenvalue weighted by Gasteiger charge is 2.31. The van der Waals surface area contributed by atoms with Crippen molar-refractivity contribution in [2.75, 3.05) is 0 Å². The Morgan fingerprint density at radius 3 is 2.20 bits per heavy atom. The average molecular weight is 225 g/mol. The Kier molecular flexibility index (Phi) is 3.16. The van der Waals surface area contributed by atoms with Gasteiger partial charge in [0.2, 0.25) is 0 Å². The molecule has 0 aliphatic rings. The number of ether oxygens (including phenoxy) is 1. The minimum atomic E-state index is -4.60. The molecule has 0 fully saturated rings. The summed E-state index contributed by atoms with van der Waals surface area (Å²) in [6, 6.07) is 2.25.